The van der Waals surface area contributed by atoms with Crippen LogP contribution in [0.25, 0.3) is 0 Å². The molecule has 1 aliphatic heterocycles. The van der Waals surface area contributed by atoms with Gasteiger partial charge in [-0.2, -0.15) is 8.42 Å². The fourth-order valence-corrected chi connectivity index (χ4v) is 2.25. The molecule has 0 aromatic carbocycles. The molecule has 1 saturated heterocycles. The molecule has 1 fully saturated rings. The van der Waals surface area contributed by atoms with Gasteiger partial charge in [-0.25, -0.2) is 0 Å². The van der Waals surface area contributed by atoms with Crippen molar-refractivity contribution in [1.29, 1.82) is 0 Å². The van der Waals surface area contributed by atoms with Crippen LogP contribution in [0.3, 0.4) is 0 Å². The van der Waals surface area contributed by atoms with Gasteiger partial charge in [-0.05, 0) is 19.3 Å². The summed E-state index contributed by atoms with van der Waals surface area (Å²) in [4.78, 5) is 0. The van der Waals surface area contributed by atoms with Crippen LogP contribution < -0.4 is 0 Å². The lowest BCUT2D eigenvalue weighted by Crippen LogP contribution is -2.33. The summed E-state index contributed by atoms with van der Waals surface area (Å²) >= 11 is 0. The number of rotatable bonds is 2. The Bertz CT molecular complexity index is 234. The van der Waals surface area contributed by atoms with Gasteiger partial charge >= 0.3 is 0 Å². The molecule has 0 radical (unpaired) electrons. The van der Waals surface area contributed by atoms with E-state index in [1.54, 1.807) is 0 Å². The van der Waals surface area contributed by atoms with Crippen molar-refractivity contribution in [3.05, 3.63) is 0 Å². The summed E-state index contributed by atoms with van der Waals surface area (Å²) in [5, 5.41) is -0.615. The van der Waals surface area contributed by atoms with E-state index >= 15 is 0 Å². The second kappa shape index (κ2) is 3.72. The topological polar surface area (TPSA) is 63.6 Å². The van der Waals surface area contributed by atoms with E-state index < -0.39 is 15.4 Å². The summed E-state index contributed by atoms with van der Waals surface area (Å²) in [7, 11) is -3.85. The second-order valence-corrected chi connectivity index (χ2v) is 4.76. The summed E-state index contributed by atoms with van der Waals surface area (Å²) in [5.74, 6) is 0. The zero-order valence-corrected chi connectivity index (χ0v) is 7.88. The third kappa shape index (κ3) is 2.43. The maximum Gasteiger partial charge on any atom is 0.267 e. The fraction of sp³-hybridized carbons (Fsp3) is 1.00. The van der Waals surface area contributed by atoms with Crippen molar-refractivity contribution in [2.75, 3.05) is 6.61 Å². The van der Waals surface area contributed by atoms with E-state index in [1.165, 1.54) is 0 Å². The molecule has 72 valence electrons. The highest BCUT2D eigenvalue weighted by atomic mass is 32.2. The fourth-order valence-electron chi connectivity index (χ4n) is 1.40. The standard InChI is InChI=1S/C7H14O4S/c1-2-6-5-7(3-4-11-6)12(8,9)10/h6-7H,2-5H2,1H3,(H,8,9,10). The van der Waals surface area contributed by atoms with Gasteiger partial charge in [-0.15, -0.1) is 0 Å². The maximum absolute atomic E-state index is 10.7. The molecule has 0 saturated carbocycles. The van der Waals surface area contributed by atoms with Gasteiger partial charge in [0.1, 0.15) is 0 Å². The lowest BCUT2D eigenvalue weighted by molar-refractivity contribution is 0.0149. The zero-order chi connectivity index (χ0) is 9.19. The van der Waals surface area contributed by atoms with Gasteiger partial charge < -0.3 is 4.74 Å². The van der Waals surface area contributed by atoms with E-state index in [1.807, 2.05) is 6.92 Å². The van der Waals surface area contributed by atoms with E-state index in [0.717, 1.165) is 6.42 Å². The van der Waals surface area contributed by atoms with Gasteiger partial charge in [0.25, 0.3) is 10.1 Å². The monoisotopic (exact) mass is 194 g/mol. The zero-order valence-electron chi connectivity index (χ0n) is 7.06. The highest BCUT2D eigenvalue weighted by Crippen LogP contribution is 2.21. The van der Waals surface area contributed by atoms with Gasteiger partial charge in [0.15, 0.2) is 0 Å². The van der Waals surface area contributed by atoms with Crippen molar-refractivity contribution in [1.82, 2.24) is 0 Å². The summed E-state index contributed by atoms with van der Waals surface area (Å²) in [5.41, 5.74) is 0. The van der Waals surface area contributed by atoms with Crippen molar-refractivity contribution in [3.8, 4) is 0 Å². The summed E-state index contributed by atoms with van der Waals surface area (Å²) in [6, 6.07) is 0. The molecule has 0 aromatic rings. The molecule has 0 bridgehead atoms. The van der Waals surface area contributed by atoms with Gasteiger partial charge in [0.2, 0.25) is 0 Å². The molecule has 4 nitrogen and oxygen atoms in total. The van der Waals surface area contributed by atoms with Crippen molar-refractivity contribution >= 4 is 10.1 Å². The summed E-state index contributed by atoms with van der Waals surface area (Å²) < 4.78 is 35.5. The predicted molar refractivity (Wildman–Crippen MR) is 44.6 cm³/mol. The molecule has 1 rings (SSSR count). The maximum atomic E-state index is 10.7. The molecule has 0 aromatic heterocycles. The smallest absolute Gasteiger partial charge is 0.267 e. The van der Waals surface area contributed by atoms with Gasteiger partial charge in [-0.3, -0.25) is 4.55 Å². The Morgan fingerprint density at radius 2 is 2.25 bits per heavy atom. The molecule has 1 N–H and O–H groups in total. The molecule has 2 unspecified atom stereocenters. The Morgan fingerprint density at radius 1 is 1.58 bits per heavy atom. The largest absolute Gasteiger partial charge is 0.378 e. The van der Waals surface area contributed by atoms with Crippen molar-refractivity contribution in [3.63, 3.8) is 0 Å². The van der Waals surface area contributed by atoms with Gasteiger partial charge in [-0.1, -0.05) is 6.92 Å². The number of ether oxygens (including phenoxy) is 1. The van der Waals surface area contributed by atoms with Crippen molar-refractivity contribution in [2.45, 2.75) is 37.5 Å². The molecule has 12 heavy (non-hydrogen) atoms. The van der Waals surface area contributed by atoms with E-state index in [-0.39, 0.29) is 6.10 Å². The quantitative estimate of drug-likeness (QED) is 0.661. The third-order valence-corrected chi connectivity index (χ3v) is 3.47. The Hall–Kier alpha value is -0.130. The highest BCUT2D eigenvalue weighted by Gasteiger charge is 2.29. The molecule has 2 atom stereocenters. The predicted octanol–water partition coefficient (Wildman–Crippen LogP) is 0.832. The molecule has 0 aliphatic carbocycles. The minimum atomic E-state index is -3.85. The lowest BCUT2D eigenvalue weighted by atomic mass is 10.1. The summed E-state index contributed by atoms with van der Waals surface area (Å²) in [6.07, 6.45) is 1.63. The molecule has 0 spiro atoms. The van der Waals surface area contributed by atoms with E-state index in [2.05, 4.69) is 0 Å². The van der Waals surface area contributed by atoms with Crippen LogP contribution in [-0.2, 0) is 14.9 Å². The van der Waals surface area contributed by atoms with Crippen LogP contribution in [0.4, 0.5) is 0 Å². The average molecular weight is 194 g/mol. The Labute approximate surface area is 72.7 Å². The molecule has 1 aliphatic rings. The molecular formula is C7H14O4S. The van der Waals surface area contributed by atoms with Crippen LogP contribution >= 0.6 is 0 Å². The molecule has 5 heteroatoms. The van der Waals surface area contributed by atoms with Gasteiger partial charge in [0.05, 0.1) is 11.4 Å². The van der Waals surface area contributed by atoms with Crippen LogP contribution in [0.1, 0.15) is 26.2 Å². The first-order valence-corrected chi connectivity index (χ1v) is 5.62. The summed E-state index contributed by atoms with van der Waals surface area (Å²) in [6.45, 7) is 2.38. The molecule has 0 amide bonds. The molecule has 1 heterocycles. The number of hydrogen-bond acceptors (Lipinski definition) is 3. The van der Waals surface area contributed by atoms with Crippen molar-refractivity contribution < 1.29 is 17.7 Å². The first-order valence-electron chi connectivity index (χ1n) is 4.12. The van der Waals surface area contributed by atoms with Crippen LogP contribution in [0.5, 0.6) is 0 Å². The first kappa shape index (κ1) is 9.95. The number of hydrogen-bond donors (Lipinski definition) is 1. The average Bonchev–Trinajstić information content (AvgIpc) is 2.03. The Kier molecular flexibility index (Phi) is 3.09. The second-order valence-electron chi connectivity index (χ2n) is 3.06. The van der Waals surface area contributed by atoms with Crippen LogP contribution in [0, 0.1) is 0 Å². The van der Waals surface area contributed by atoms with Gasteiger partial charge in [0, 0.05) is 6.61 Å². The minimum Gasteiger partial charge on any atom is -0.378 e. The van der Waals surface area contributed by atoms with Crippen molar-refractivity contribution in [2.24, 2.45) is 0 Å². The normalized spacial score (nSPS) is 31.8. The van der Waals surface area contributed by atoms with Crippen LogP contribution in [0.15, 0.2) is 0 Å². The van der Waals surface area contributed by atoms with E-state index in [0.29, 0.717) is 19.4 Å². The minimum absolute atomic E-state index is 0.00863. The highest BCUT2D eigenvalue weighted by molar-refractivity contribution is 7.86. The Morgan fingerprint density at radius 3 is 2.75 bits per heavy atom. The molecular weight excluding hydrogens is 180 g/mol. The van der Waals surface area contributed by atoms with Crippen LogP contribution in [0.2, 0.25) is 0 Å². The third-order valence-electron chi connectivity index (χ3n) is 2.20. The van der Waals surface area contributed by atoms with E-state index in [9.17, 15) is 8.42 Å². The van der Waals surface area contributed by atoms with E-state index in [4.69, 9.17) is 9.29 Å². The first-order chi connectivity index (χ1) is 5.54. The Balaban J connectivity index is 2.58. The lowest BCUT2D eigenvalue weighted by Gasteiger charge is -2.26. The SMILES string of the molecule is CCC1CC(S(=O)(=O)O)CCO1. The van der Waals surface area contributed by atoms with Crippen LogP contribution in [-0.4, -0.2) is 30.9 Å².